The molecule has 0 aliphatic carbocycles. The minimum atomic E-state index is 0.00209. The SMILES string of the molecule is COc1ccc(-c2nc(N)c3nc(NCCO)cnc3n2)cc1. The number of nitrogens with one attached hydrogen (secondary N) is 1. The zero-order valence-electron chi connectivity index (χ0n) is 12.5. The van der Waals surface area contributed by atoms with Gasteiger partial charge in [-0.1, -0.05) is 0 Å². The number of ether oxygens (including phenoxy) is 1. The van der Waals surface area contributed by atoms with Gasteiger partial charge in [0.15, 0.2) is 22.8 Å². The number of aliphatic hydroxyl groups is 1. The molecule has 0 fully saturated rings. The fraction of sp³-hybridized carbons (Fsp3) is 0.200. The van der Waals surface area contributed by atoms with Crippen LogP contribution in [-0.4, -0.2) is 45.3 Å². The highest BCUT2D eigenvalue weighted by Gasteiger charge is 2.10. The molecule has 0 saturated heterocycles. The molecule has 23 heavy (non-hydrogen) atoms. The van der Waals surface area contributed by atoms with Crippen LogP contribution >= 0.6 is 0 Å². The molecule has 3 aromatic rings. The Morgan fingerprint density at radius 1 is 1.17 bits per heavy atom. The number of nitrogens with two attached hydrogens (primary N) is 1. The average Bonchev–Trinajstić information content (AvgIpc) is 2.60. The highest BCUT2D eigenvalue weighted by molar-refractivity contribution is 5.84. The molecule has 2 heterocycles. The molecule has 0 bridgehead atoms. The Morgan fingerprint density at radius 3 is 2.65 bits per heavy atom. The van der Waals surface area contributed by atoms with E-state index in [0.29, 0.717) is 29.4 Å². The minimum Gasteiger partial charge on any atom is -0.497 e. The van der Waals surface area contributed by atoms with Crippen LogP contribution in [0.25, 0.3) is 22.6 Å². The van der Waals surface area contributed by atoms with Gasteiger partial charge in [0, 0.05) is 12.1 Å². The molecule has 1 aromatic carbocycles. The lowest BCUT2D eigenvalue weighted by Crippen LogP contribution is -2.08. The number of anilines is 2. The van der Waals surface area contributed by atoms with Crippen molar-refractivity contribution >= 4 is 22.8 Å². The number of hydrogen-bond acceptors (Lipinski definition) is 8. The van der Waals surface area contributed by atoms with Crippen molar-refractivity contribution < 1.29 is 9.84 Å². The molecular weight excluding hydrogens is 296 g/mol. The molecule has 8 heteroatoms. The van der Waals surface area contributed by atoms with Crippen LogP contribution in [0.2, 0.25) is 0 Å². The number of methoxy groups -OCH3 is 1. The van der Waals surface area contributed by atoms with Gasteiger partial charge in [-0.3, -0.25) is 0 Å². The second kappa shape index (κ2) is 6.41. The molecule has 0 amide bonds. The molecule has 0 spiro atoms. The van der Waals surface area contributed by atoms with Crippen molar-refractivity contribution in [1.82, 2.24) is 19.9 Å². The molecule has 0 unspecified atom stereocenters. The Labute approximate surface area is 132 Å². The summed E-state index contributed by atoms with van der Waals surface area (Å²) in [7, 11) is 1.61. The summed E-state index contributed by atoms with van der Waals surface area (Å²) in [6.07, 6.45) is 1.54. The maximum atomic E-state index is 8.83. The fourth-order valence-electron chi connectivity index (χ4n) is 2.07. The van der Waals surface area contributed by atoms with Crippen molar-refractivity contribution in [3.63, 3.8) is 0 Å². The Hall–Kier alpha value is -3.00. The number of aliphatic hydroxyl groups excluding tert-OH is 1. The van der Waals surface area contributed by atoms with Crippen molar-refractivity contribution in [2.75, 3.05) is 31.3 Å². The monoisotopic (exact) mass is 312 g/mol. The second-order valence-corrected chi connectivity index (χ2v) is 4.74. The summed E-state index contributed by atoms with van der Waals surface area (Å²) < 4.78 is 5.13. The zero-order valence-corrected chi connectivity index (χ0v) is 12.5. The molecular formula is C15H16N6O2. The van der Waals surface area contributed by atoms with Crippen LogP contribution in [0.5, 0.6) is 5.75 Å². The molecule has 0 radical (unpaired) electrons. The predicted molar refractivity (Wildman–Crippen MR) is 87.1 cm³/mol. The Kier molecular flexibility index (Phi) is 4.15. The highest BCUT2D eigenvalue weighted by Crippen LogP contribution is 2.23. The zero-order chi connectivity index (χ0) is 16.2. The highest BCUT2D eigenvalue weighted by atomic mass is 16.5. The van der Waals surface area contributed by atoms with Crippen LogP contribution in [0.3, 0.4) is 0 Å². The first-order chi connectivity index (χ1) is 11.2. The van der Waals surface area contributed by atoms with Crippen LogP contribution < -0.4 is 15.8 Å². The minimum absolute atomic E-state index is 0.00209. The van der Waals surface area contributed by atoms with Gasteiger partial charge in [0.25, 0.3) is 0 Å². The Balaban J connectivity index is 2.00. The average molecular weight is 312 g/mol. The van der Waals surface area contributed by atoms with Gasteiger partial charge in [0.05, 0.1) is 19.9 Å². The van der Waals surface area contributed by atoms with Gasteiger partial charge in [-0.25, -0.2) is 19.9 Å². The summed E-state index contributed by atoms with van der Waals surface area (Å²) in [6.45, 7) is 0.382. The van der Waals surface area contributed by atoms with E-state index in [1.807, 2.05) is 24.3 Å². The van der Waals surface area contributed by atoms with E-state index in [9.17, 15) is 0 Å². The third kappa shape index (κ3) is 3.11. The quantitative estimate of drug-likeness (QED) is 0.640. The lowest BCUT2D eigenvalue weighted by Gasteiger charge is -2.07. The number of aromatic nitrogens is 4. The van der Waals surface area contributed by atoms with Crippen LogP contribution in [0.4, 0.5) is 11.6 Å². The molecule has 2 aromatic heterocycles. The molecule has 4 N–H and O–H groups in total. The molecule has 8 nitrogen and oxygen atoms in total. The summed E-state index contributed by atoms with van der Waals surface area (Å²) in [5.74, 6) is 1.99. The second-order valence-electron chi connectivity index (χ2n) is 4.74. The maximum Gasteiger partial charge on any atom is 0.184 e. The predicted octanol–water partition coefficient (Wildman–Crippen LogP) is 1.08. The summed E-state index contributed by atoms with van der Waals surface area (Å²) in [6, 6.07) is 7.35. The molecule has 118 valence electrons. The summed E-state index contributed by atoms with van der Waals surface area (Å²) >= 11 is 0. The van der Waals surface area contributed by atoms with E-state index in [-0.39, 0.29) is 12.4 Å². The van der Waals surface area contributed by atoms with Crippen LogP contribution in [-0.2, 0) is 0 Å². The van der Waals surface area contributed by atoms with Crippen molar-refractivity contribution in [2.24, 2.45) is 0 Å². The number of nitrogen functional groups attached to an aromatic ring is 1. The third-order valence-corrected chi connectivity index (χ3v) is 3.20. The first-order valence-electron chi connectivity index (χ1n) is 7.00. The van der Waals surface area contributed by atoms with E-state index < -0.39 is 0 Å². The first-order valence-corrected chi connectivity index (χ1v) is 7.00. The van der Waals surface area contributed by atoms with Gasteiger partial charge in [0.2, 0.25) is 0 Å². The van der Waals surface area contributed by atoms with E-state index in [2.05, 4.69) is 25.3 Å². The molecule has 0 aliphatic heterocycles. The lowest BCUT2D eigenvalue weighted by atomic mass is 10.2. The smallest absolute Gasteiger partial charge is 0.184 e. The summed E-state index contributed by atoms with van der Waals surface area (Å²) in [5, 5.41) is 11.8. The Morgan fingerprint density at radius 2 is 1.96 bits per heavy atom. The number of rotatable bonds is 5. The maximum absolute atomic E-state index is 8.83. The normalized spacial score (nSPS) is 10.7. The topological polar surface area (TPSA) is 119 Å². The lowest BCUT2D eigenvalue weighted by molar-refractivity contribution is 0.311. The van der Waals surface area contributed by atoms with Gasteiger partial charge in [-0.05, 0) is 24.3 Å². The third-order valence-electron chi connectivity index (χ3n) is 3.20. The van der Waals surface area contributed by atoms with Crippen LogP contribution in [0.15, 0.2) is 30.5 Å². The van der Waals surface area contributed by atoms with Gasteiger partial charge >= 0.3 is 0 Å². The van der Waals surface area contributed by atoms with Crippen LogP contribution in [0, 0.1) is 0 Å². The molecule has 0 aliphatic rings. The fourth-order valence-corrected chi connectivity index (χ4v) is 2.07. The molecule has 0 atom stereocenters. The van der Waals surface area contributed by atoms with Crippen molar-refractivity contribution in [3.05, 3.63) is 30.5 Å². The van der Waals surface area contributed by atoms with Gasteiger partial charge in [-0.15, -0.1) is 0 Å². The number of benzene rings is 1. The largest absolute Gasteiger partial charge is 0.497 e. The summed E-state index contributed by atoms with van der Waals surface area (Å²) in [5.41, 5.74) is 7.64. The first kappa shape index (κ1) is 14.9. The molecule has 3 rings (SSSR count). The van der Waals surface area contributed by atoms with Gasteiger partial charge < -0.3 is 20.9 Å². The van der Waals surface area contributed by atoms with Crippen molar-refractivity contribution in [2.45, 2.75) is 0 Å². The number of fused-ring (bicyclic) bond motifs is 1. The van der Waals surface area contributed by atoms with E-state index >= 15 is 0 Å². The van der Waals surface area contributed by atoms with E-state index in [1.165, 1.54) is 0 Å². The van der Waals surface area contributed by atoms with E-state index in [0.717, 1.165) is 11.3 Å². The van der Waals surface area contributed by atoms with E-state index in [1.54, 1.807) is 13.3 Å². The van der Waals surface area contributed by atoms with Gasteiger partial charge in [0.1, 0.15) is 11.6 Å². The molecule has 0 saturated carbocycles. The van der Waals surface area contributed by atoms with Crippen molar-refractivity contribution in [3.8, 4) is 17.1 Å². The van der Waals surface area contributed by atoms with Gasteiger partial charge in [-0.2, -0.15) is 0 Å². The van der Waals surface area contributed by atoms with E-state index in [4.69, 9.17) is 15.6 Å². The Bertz CT molecular complexity index is 822. The number of nitrogens with zero attached hydrogens (tertiary/aromatic N) is 4. The number of hydrogen-bond donors (Lipinski definition) is 3. The summed E-state index contributed by atoms with van der Waals surface area (Å²) in [4.78, 5) is 17.3. The van der Waals surface area contributed by atoms with Crippen molar-refractivity contribution in [1.29, 1.82) is 0 Å². The standard InChI is InChI=1S/C15H16N6O2/c1-23-10-4-2-9(3-5-10)14-20-13(16)12-15(21-14)18-8-11(19-12)17-6-7-22/h2-5,8,22H,6-7H2,1H3,(H,17,19)(H2,16,18,20,21). The van der Waals surface area contributed by atoms with Crippen LogP contribution in [0.1, 0.15) is 0 Å².